The van der Waals surface area contributed by atoms with Crippen LogP contribution in [0.2, 0.25) is 0 Å². The van der Waals surface area contributed by atoms with E-state index < -0.39 is 0 Å². The van der Waals surface area contributed by atoms with Gasteiger partial charge in [0, 0.05) is 12.8 Å². The molecule has 0 amide bonds. The third kappa shape index (κ3) is 3.30. The molecule has 4 nitrogen and oxygen atoms in total. The van der Waals surface area contributed by atoms with Gasteiger partial charge in [0.05, 0.1) is 6.04 Å². The Hall–Kier alpha value is -0.900. The molecular formula is C12H24N4. The summed E-state index contributed by atoms with van der Waals surface area (Å²) >= 11 is 0. The van der Waals surface area contributed by atoms with Gasteiger partial charge in [0.25, 0.3) is 0 Å². The van der Waals surface area contributed by atoms with Gasteiger partial charge in [0.2, 0.25) is 0 Å². The average molecular weight is 224 g/mol. The zero-order chi connectivity index (χ0) is 12.0. The van der Waals surface area contributed by atoms with Crippen LogP contribution in [0.5, 0.6) is 0 Å². The van der Waals surface area contributed by atoms with E-state index in [-0.39, 0.29) is 0 Å². The van der Waals surface area contributed by atoms with E-state index in [4.69, 9.17) is 0 Å². The van der Waals surface area contributed by atoms with Crippen molar-refractivity contribution in [1.82, 2.24) is 20.1 Å². The van der Waals surface area contributed by atoms with Crippen molar-refractivity contribution in [3.63, 3.8) is 0 Å². The summed E-state index contributed by atoms with van der Waals surface area (Å²) in [5, 5.41) is 7.74. The molecule has 0 aromatic carbocycles. The summed E-state index contributed by atoms with van der Waals surface area (Å²) in [6.07, 6.45) is 4.22. The molecule has 1 N–H and O–H groups in total. The fraction of sp³-hybridized carbons (Fsp3) is 0.833. The minimum Gasteiger partial charge on any atom is -0.320 e. The maximum atomic E-state index is 4.56. The molecule has 1 atom stereocenters. The largest absolute Gasteiger partial charge is 0.320 e. The lowest BCUT2D eigenvalue weighted by Gasteiger charge is -2.13. The van der Waals surface area contributed by atoms with Crippen LogP contribution in [0.4, 0.5) is 0 Å². The maximum Gasteiger partial charge on any atom is 0.150 e. The van der Waals surface area contributed by atoms with Crippen LogP contribution in [0.15, 0.2) is 0 Å². The van der Waals surface area contributed by atoms with Crippen molar-refractivity contribution in [2.45, 2.75) is 52.5 Å². The molecule has 1 unspecified atom stereocenters. The van der Waals surface area contributed by atoms with E-state index in [9.17, 15) is 0 Å². The first-order chi connectivity index (χ1) is 7.72. The first kappa shape index (κ1) is 13.2. The summed E-state index contributed by atoms with van der Waals surface area (Å²) in [4.78, 5) is 4.53. The molecule has 0 bridgehead atoms. The lowest BCUT2D eigenvalue weighted by atomic mass is 10.2. The van der Waals surface area contributed by atoms with Gasteiger partial charge in [0.15, 0.2) is 5.82 Å². The number of rotatable bonds is 7. The van der Waals surface area contributed by atoms with E-state index in [1.807, 2.05) is 7.05 Å². The quantitative estimate of drug-likeness (QED) is 0.720. The number of nitrogens with one attached hydrogen (secondary N) is 1. The van der Waals surface area contributed by atoms with Crippen LogP contribution >= 0.6 is 0 Å². The van der Waals surface area contributed by atoms with Gasteiger partial charge in [-0.3, -0.25) is 0 Å². The summed E-state index contributed by atoms with van der Waals surface area (Å²) in [6, 6.07) is 0.455. The molecule has 0 aliphatic rings. The monoisotopic (exact) mass is 224 g/mol. The molecule has 1 heterocycles. The van der Waals surface area contributed by atoms with Crippen molar-refractivity contribution in [2.75, 3.05) is 13.6 Å². The van der Waals surface area contributed by atoms with Crippen LogP contribution in [0.25, 0.3) is 0 Å². The third-order valence-electron chi connectivity index (χ3n) is 2.84. The third-order valence-corrected chi connectivity index (χ3v) is 2.84. The van der Waals surface area contributed by atoms with E-state index in [2.05, 4.69) is 40.9 Å². The van der Waals surface area contributed by atoms with Gasteiger partial charge in [-0.2, -0.15) is 5.10 Å². The highest BCUT2D eigenvalue weighted by Crippen LogP contribution is 2.14. The van der Waals surface area contributed by atoms with Gasteiger partial charge >= 0.3 is 0 Å². The van der Waals surface area contributed by atoms with Crippen molar-refractivity contribution in [1.29, 1.82) is 0 Å². The Kier molecular flexibility index (Phi) is 5.46. The zero-order valence-corrected chi connectivity index (χ0v) is 11.0. The maximum absolute atomic E-state index is 4.56. The zero-order valence-electron chi connectivity index (χ0n) is 11.0. The molecule has 1 aromatic heterocycles. The van der Waals surface area contributed by atoms with Crippen LogP contribution in [0.1, 0.15) is 51.3 Å². The normalized spacial score (nSPS) is 13.0. The van der Waals surface area contributed by atoms with Crippen molar-refractivity contribution in [2.24, 2.45) is 0 Å². The van der Waals surface area contributed by atoms with Gasteiger partial charge in [-0.15, -0.1) is 0 Å². The van der Waals surface area contributed by atoms with Crippen LogP contribution in [-0.4, -0.2) is 28.4 Å². The van der Waals surface area contributed by atoms with E-state index in [1.54, 1.807) is 0 Å². The summed E-state index contributed by atoms with van der Waals surface area (Å²) in [7, 11) is 1.99. The highest BCUT2D eigenvalue weighted by molar-refractivity contribution is 4.94. The van der Waals surface area contributed by atoms with Crippen LogP contribution < -0.4 is 5.32 Å². The minimum absolute atomic E-state index is 0.455. The van der Waals surface area contributed by atoms with Crippen LogP contribution in [0, 0.1) is 0 Å². The molecule has 92 valence electrons. The fourth-order valence-electron chi connectivity index (χ4n) is 1.84. The molecule has 0 radical (unpaired) electrons. The van der Waals surface area contributed by atoms with E-state index in [0.29, 0.717) is 6.04 Å². The molecule has 0 spiro atoms. The number of aromatic nitrogens is 3. The first-order valence-electron chi connectivity index (χ1n) is 6.31. The van der Waals surface area contributed by atoms with E-state index in [0.717, 1.165) is 37.5 Å². The summed E-state index contributed by atoms with van der Waals surface area (Å²) < 4.78 is 2.11. The Labute approximate surface area is 98.5 Å². The molecule has 16 heavy (non-hydrogen) atoms. The second-order valence-corrected chi connectivity index (χ2v) is 4.19. The van der Waals surface area contributed by atoms with E-state index >= 15 is 0 Å². The Balaban J connectivity index is 2.65. The topological polar surface area (TPSA) is 42.7 Å². The molecule has 0 saturated carbocycles. The highest BCUT2D eigenvalue weighted by atomic mass is 15.4. The van der Waals surface area contributed by atoms with E-state index in [1.165, 1.54) is 6.42 Å². The van der Waals surface area contributed by atoms with Gasteiger partial charge in [-0.25, -0.2) is 9.67 Å². The molecule has 0 saturated heterocycles. The summed E-state index contributed by atoms with van der Waals surface area (Å²) in [6.45, 7) is 7.54. The van der Waals surface area contributed by atoms with Crippen molar-refractivity contribution >= 4 is 0 Å². The predicted octanol–water partition coefficient (Wildman–Crippen LogP) is 1.96. The molecule has 0 aliphatic carbocycles. The smallest absolute Gasteiger partial charge is 0.150 e. The number of aryl methyl sites for hydroxylation is 2. The van der Waals surface area contributed by atoms with Gasteiger partial charge in [0.1, 0.15) is 5.82 Å². The van der Waals surface area contributed by atoms with Crippen molar-refractivity contribution < 1.29 is 0 Å². The Morgan fingerprint density at radius 3 is 2.62 bits per heavy atom. The first-order valence-corrected chi connectivity index (χ1v) is 6.31. The van der Waals surface area contributed by atoms with Crippen molar-refractivity contribution in [3.05, 3.63) is 11.6 Å². The molecule has 1 aromatic rings. The predicted molar refractivity (Wildman–Crippen MR) is 66.6 cm³/mol. The Morgan fingerprint density at radius 1 is 1.31 bits per heavy atom. The molecule has 0 fully saturated rings. The Morgan fingerprint density at radius 2 is 2.06 bits per heavy atom. The lowest BCUT2D eigenvalue weighted by Crippen LogP contribution is -2.14. The minimum atomic E-state index is 0.455. The summed E-state index contributed by atoms with van der Waals surface area (Å²) in [5.41, 5.74) is 0. The van der Waals surface area contributed by atoms with Crippen molar-refractivity contribution in [3.8, 4) is 0 Å². The molecule has 1 rings (SSSR count). The standard InChI is InChI=1S/C12H24N4/c1-5-11-14-12(6-2)16(15-11)10(3)8-7-9-13-4/h10,13H,5-9H2,1-4H3. The van der Waals surface area contributed by atoms with Gasteiger partial charge < -0.3 is 5.32 Å². The SMILES string of the molecule is CCc1nc(CC)n(C(C)CCCNC)n1. The van der Waals surface area contributed by atoms with Crippen LogP contribution in [0.3, 0.4) is 0 Å². The fourth-order valence-corrected chi connectivity index (χ4v) is 1.84. The average Bonchev–Trinajstić information content (AvgIpc) is 2.72. The Bertz CT molecular complexity index is 306. The number of hydrogen-bond donors (Lipinski definition) is 1. The second-order valence-electron chi connectivity index (χ2n) is 4.19. The second kappa shape index (κ2) is 6.63. The molecule has 0 aliphatic heterocycles. The number of nitrogens with zero attached hydrogens (tertiary/aromatic N) is 3. The molecule has 4 heteroatoms. The lowest BCUT2D eigenvalue weighted by molar-refractivity contribution is 0.426. The summed E-state index contributed by atoms with van der Waals surface area (Å²) in [5.74, 6) is 2.09. The molecular weight excluding hydrogens is 200 g/mol. The highest BCUT2D eigenvalue weighted by Gasteiger charge is 2.12. The van der Waals surface area contributed by atoms with Gasteiger partial charge in [-0.05, 0) is 33.4 Å². The number of hydrogen-bond acceptors (Lipinski definition) is 3. The van der Waals surface area contributed by atoms with Gasteiger partial charge in [-0.1, -0.05) is 13.8 Å². The van der Waals surface area contributed by atoms with Crippen LogP contribution in [-0.2, 0) is 12.8 Å².